The van der Waals surface area contributed by atoms with Crippen molar-refractivity contribution in [3.8, 4) is 0 Å². The van der Waals surface area contributed by atoms with Crippen molar-refractivity contribution < 1.29 is 4.79 Å². The highest BCUT2D eigenvalue weighted by Gasteiger charge is 2.27. The van der Waals surface area contributed by atoms with Gasteiger partial charge in [-0.05, 0) is 46.8 Å². The molecule has 0 aromatic heterocycles. The molecule has 4 nitrogen and oxygen atoms in total. The maximum Gasteiger partial charge on any atom is 0.239 e. The summed E-state index contributed by atoms with van der Waals surface area (Å²) >= 11 is 0. The molecule has 0 spiro atoms. The first-order chi connectivity index (χ1) is 7.97. The van der Waals surface area contributed by atoms with Crippen LogP contribution in [0.1, 0.15) is 40.0 Å². The average molecular weight is 241 g/mol. The molecule has 0 saturated carbocycles. The number of carbonyl (C=O) groups excluding carboxylic acids is 1. The first kappa shape index (κ1) is 14.5. The van der Waals surface area contributed by atoms with Gasteiger partial charge in [0.15, 0.2) is 0 Å². The summed E-state index contributed by atoms with van der Waals surface area (Å²) in [5.41, 5.74) is -0.470. The fourth-order valence-corrected chi connectivity index (χ4v) is 2.36. The second kappa shape index (κ2) is 6.36. The Bertz CT molecular complexity index is 253. The van der Waals surface area contributed by atoms with E-state index in [1.807, 2.05) is 20.8 Å². The summed E-state index contributed by atoms with van der Waals surface area (Å²) in [6.07, 6.45) is 3.75. The number of hydrogen-bond acceptors (Lipinski definition) is 3. The van der Waals surface area contributed by atoms with E-state index in [1.165, 1.54) is 19.3 Å². The van der Waals surface area contributed by atoms with Crippen molar-refractivity contribution in [1.29, 1.82) is 0 Å². The predicted molar refractivity (Wildman–Crippen MR) is 71.0 cm³/mol. The minimum atomic E-state index is -0.470. The van der Waals surface area contributed by atoms with Gasteiger partial charge in [-0.15, -0.1) is 0 Å². The van der Waals surface area contributed by atoms with Gasteiger partial charge in [-0.1, -0.05) is 13.3 Å². The molecule has 1 aliphatic heterocycles. The molecule has 1 atom stereocenters. The average Bonchev–Trinajstić information content (AvgIpc) is 2.27. The van der Waals surface area contributed by atoms with Crippen molar-refractivity contribution in [2.24, 2.45) is 0 Å². The smallest absolute Gasteiger partial charge is 0.239 e. The number of likely N-dealkylation sites (N-methyl/N-ethyl adjacent to an activating group) is 2. The van der Waals surface area contributed by atoms with Gasteiger partial charge in [-0.25, -0.2) is 0 Å². The molecule has 1 amide bonds. The molecule has 100 valence electrons. The quantitative estimate of drug-likeness (QED) is 0.754. The van der Waals surface area contributed by atoms with Crippen LogP contribution in [0.3, 0.4) is 0 Å². The zero-order valence-corrected chi connectivity index (χ0v) is 11.7. The molecule has 1 rings (SSSR count). The fraction of sp³-hybridized carbons (Fsp3) is 0.923. The minimum absolute atomic E-state index is 0.0957. The van der Waals surface area contributed by atoms with Crippen LogP contribution >= 0.6 is 0 Å². The van der Waals surface area contributed by atoms with Crippen LogP contribution in [0.4, 0.5) is 0 Å². The van der Waals surface area contributed by atoms with Gasteiger partial charge in [-0.3, -0.25) is 4.79 Å². The minimum Gasteiger partial charge on any atom is -0.353 e. The molecular formula is C13H27N3O. The topological polar surface area (TPSA) is 44.4 Å². The van der Waals surface area contributed by atoms with Crippen molar-refractivity contribution in [1.82, 2.24) is 15.5 Å². The number of hydrogen-bond donors (Lipinski definition) is 2. The van der Waals surface area contributed by atoms with Crippen LogP contribution in [0.2, 0.25) is 0 Å². The maximum absolute atomic E-state index is 12.0. The van der Waals surface area contributed by atoms with Gasteiger partial charge in [0.05, 0.1) is 5.54 Å². The molecule has 0 radical (unpaired) electrons. The summed E-state index contributed by atoms with van der Waals surface area (Å²) in [7, 11) is 2.14. The van der Waals surface area contributed by atoms with E-state index in [4.69, 9.17) is 0 Å². The summed E-state index contributed by atoms with van der Waals surface area (Å²) in [6.45, 7) is 8.60. The molecule has 4 heteroatoms. The Morgan fingerprint density at radius 2 is 2.12 bits per heavy atom. The van der Waals surface area contributed by atoms with Crippen LogP contribution in [0.15, 0.2) is 0 Å². The first-order valence-corrected chi connectivity index (χ1v) is 6.71. The Morgan fingerprint density at radius 1 is 1.41 bits per heavy atom. The van der Waals surface area contributed by atoms with Gasteiger partial charge in [0.1, 0.15) is 0 Å². The van der Waals surface area contributed by atoms with Crippen molar-refractivity contribution in [3.05, 3.63) is 0 Å². The molecule has 17 heavy (non-hydrogen) atoms. The molecule has 2 N–H and O–H groups in total. The molecule has 1 unspecified atom stereocenters. The molecule has 0 aromatic carbocycles. The summed E-state index contributed by atoms with van der Waals surface area (Å²) in [5.74, 6) is 0.0957. The van der Waals surface area contributed by atoms with Crippen LogP contribution in [0.25, 0.3) is 0 Å². The Labute approximate surface area is 105 Å². The lowest BCUT2D eigenvalue weighted by Gasteiger charge is -2.33. The lowest BCUT2D eigenvalue weighted by molar-refractivity contribution is -0.126. The monoisotopic (exact) mass is 241 g/mol. The highest BCUT2D eigenvalue weighted by molar-refractivity contribution is 5.85. The Balaban J connectivity index is 2.36. The number of carbonyl (C=O) groups is 1. The number of likely N-dealkylation sites (tertiary alicyclic amines) is 1. The number of rotatable bonds is 5. The third kappa shape index (κ3) is 4.28. The van der Waals surface area contributed by atoms with E-state index in [1.54, 1.807) is 0 Å². The molecule has 1 heterocycles. The highest BCUT2D eigenvalue weighted by Crippen LogP contribution is 2.14. The van der Waals surface area contributed by atoms with Crippen molar-refractivity contribution >= 4 is 5.91 Å². The molecule has 1 saturated heterocycles. The van der Waals surface area contributed by atoms with Crippen molar-refractivity contribution in [2.75, 3.05) is 26.7 Å². The second-order valence-corrected chi connectivity index (χ2v) is 5.50. The van der Waals surface area contributed by atoms with Gasteiger partial charge in [0, 0.05) is 12.6 Å². The van der Waals surface area contributed by atoms with E-state index in [9.17, 15) is 4.79 Å². The lowest BCUT2D eigenvalue weighted by Crippen LogP contribution is -2.55. The number of amides is 1. The van der Waals surface area contributed by atoms with Crippen LogP contribution in [0.5, 0.6) is 0 Å². The van der Waals surface area contributed by atoms with Crippen LogP contribution < -0.4 is 10.6 Å². The largest absolute Gasteiger partial charge is 0.353 e. The van der Waals surface area contributed by atoms with Gasteiger partial charge < -0.3 is 15.5 Å². The van der Waals surface area contributed by atoms with E-state index in [0.29, 0.717) is 6.04 Å². The summed E-state index contributed by atoms with van der Waals surface area (Å²) in [5, 5.41) is 6.26. The van der Waals surface area contributed by atoms with Crippen molar-refractivity contribution in [2.45, 2.75) is 51.6 Å². The first-order valence-electron chi connectivity index (χ1n) is 6.71. The van der Waals surface area contributed by atoms with Gasteiger partial charge in [0.2, 0.25) is 5.91 Å². The second-order valence-electron chi connectivity index (χ2n) is 5.50. The van der Waals surface area contributed by atoms with E-state index in [0.717, 1.165) is 19.6 Å². The third-order valence-corrected chi connectivity index (χ3v) is 3.61. The molecule has 0 bridgehead atoms. The van der Waals surface area contributed by atoms with E-state index >= 15 is 0 Å². The van der Waals surface area contributed by atoms with E-state index in [-0.39, 0.29) is 5.91 Å². The summed E-state index contributed by atoms with van der Waals surface area (Å²) in [4.78, 5) is 14.4. The van der Waals surface area contributed by atoms with Crippen LogP contribution in [0, 0.1) is 0 Å². The molecule has 0 aliphatic carbocycles. The summed E-state index contributed by atoms with van der Waals surface area (Å²) in [6, 6.07) is 0.505. The number of nitrogens with zero attached hydrogens (tertiary/aromatic N) is 1. The van der Waals surface area contributed by atoms with E-state index < -0.39 is 5.54 Å². The number of piperidine rings is 1. The van der Waals surface area contributed by atoms with Crippen LogP contribution in [-0.4, -0.2) is 49.1 Å². The zero-order chi connectivity index (χ0) is 12.9. The number of nitrogens with one attached hydrogen (secondary N) is 2. The standard InChI is InChI=1S/C13H27N3O/c1-5-15-13(2,3)12(17)14-10-11-8-6-7-9-16(11)4/h11,15H,5-10H2,1-4H3,(H,14,17). The normalized spacial score (nSPS) is 22.5. The van der Waals surface area contributed by atoms with Crippen LogP contribution in [-0.2, 0) is 4.79 Å². The zero-order valence-electron chi connectivity index (χ0n) is 11.7. The SMILES string of the molecule is CCNC(C)(C)C(=O)NCC1CCCCN1C. The lowest BCUT2D eigenvalue weighted by atomic mass is 10.0. The maximum atomic E-state index is 12.0. The van der Waals surface area contributed by atoms with Gasteiger partial charge in [-0.2, -0.15) is 0 Å². The van der Waals surface area contributed by atoms with Gasteiger partial charge >= 0.3 is 0 Å². The van der Waals surface area contributed by atoms with Gasteiger partial charge in [0.25, 0.3) is 0 Å². The summed E-state index contributed by atoms with van der Waals surface area (Å²) < 4.78 is 0. The Hall–Kier alpha value is -0.610. The predicted octanol–water partition coefficient (Wildman–Crippen LogP) is 0.975. The van der Waals surface area contributed by atoms with Crippen molar-refractivity contribution in [3.63, 3.8) is 0 Å². The molecule has 0 aromatic rings. The molecule has 1 aliphatic rings. The third-order valence-electron chi connectivity index (χ3n) is 3.61. The Morgan fingerprint density at radius 3 is 2.71 bits per heavy atom. The van der Waals surface area contributed by atoms with E-state index in [2.05, 4.69) is 22.6 Å². The molecular weight excluding hydrogens is 214 g/mol. The fourth-order valence-electron chi connectivity index (χ4n) is 2.36. The highest BCUT2D eigenvalue weighted by atomic mass is 16.2. The molecule has 1 fully saturated rings. The Kier molecular flexibility index (Phi) is 5.40.